The molecule has 0 saturated carbocycles. The van der Waals surface area contributed by atoms with E-state index in [0.29, 0.717) is 10.6 Å². The largest absolute Gasteiger partial charge is 0.334 e. The monoisotopic (exact) mass is 359 g/mol. The van der Waals surface area contributed by atoms with Crippen LogP contribution in [0.2, 0.25) is 0 Å². The molecule has 1 aliphatic rings. The van der Waals surface area contributed by atoms with Crippen LogP contribution < -0.4 is 5.32 Å². The standard InChI is InChI=1S/C19H25N3O4/c1-5-13(4)14-8-6-7-9-15(14)20-16(23)11-22-18(25)17(24)21(19(22)26)10-12(2)3/h6-9,12-13H,5,10-11H2,1-4H3,(H,20,23)/t13-/m1/s1. The molecule has 0 aliphatic carbocycles. The molecule has 7 nitrogen and oxygen atoms in total. The molecule has 26 heavy (non-hydrogen) atoms. The van der Waals surface area contributed by atoms with Gasteiger partial charge in [-0.15, -0.1) is 0 Å². The van der Waals surface area contributed by atoms with E-state index < -0.39 is 30.3 Å². The summed E-state index contributed by atoms with van der Waals surface area (Å²) in [5.41, 5.74) is 1.64. The summed E-state index contributed by atoms with van der Waals surface area (Å²) >= 11 is 0. The predicted octanol–water partition coefficient (Wildman–Crippen LogP) is 2.59. The normalized spacial score (nSPS) is 15.8. The van der Waals surface area contributed by atoms with Crippen LogP contribution in [-0.4, -0.2) is 46.6 Å². The van der Waals surface area contributed by atoms with Crippen LogP contribution in [0.15, 0.2) is 24.3 Å². The van der Waals surface area contributed by atoms with Crippen LogP contribution in [-0.2, 0) is 14.4 Å². The zero-order valence-corrected chi connectivity index (χ0v) is 15.6. The molecule has 1 N–H and O–H groups in total. The fraction of sp³-hybridized carbons (Fsp3) is 0.474. The smallest absolute Gasteiger partial charge is 0.324 e. The fourth-order valence-corrected chi connectivity index (χ4v) is 2.81. The lowest BCUT2D eigenvalue weighted by atomic mass is 9.97. The van der Waals surface area contributed by atoms with E-state index in [4.69, 9.17) is 0 Å². The quantitative estimate of drug-likeness (QED) is 0.599. The van der Waals surface area contributed by atoms with E-state index in [-0.39, 0.29) is 18.4 Å². The van der Waals surface area contributed by atoms with Gasteiger partial charge in [0.05, 0.1) is 0 Å². The molecule has 1 saturated heterocycles. The van der Waals surface area contributed by atoms with Crippen molar-refractivity contribution in [3.8, 4) is 0 Å². The molecule has 7 heteroatoms. The molecule has 0 unspecified atom stereocenters. The molecule has 0 bridgehead atoms. The molecule has 1 atom stereocenters. The lowest BCUT2D eigenvalue weighted by Crippen LogP contribution is -2.39. The fourth-order valence-electron chi connectivity index (χ4n) is 2.81. The summed E-state index contributed by atoms with van der Waals surface area (Å²) in [6, 6.07) is 6.68. The maximum Gasteiger partial charge on any atom is 0.334 e. The van der Waals surface area contributed by atoms with Crippen LogP contribution >= 0.6 is 0 Å². The first-order valence-corrected chi connectivity index (χ1v) is 8.82. The summed E-state index contributed by atoms with van der Waals surface area (Å²) in [5.74, 6) is -2.06. The van der Waals surface area contributed by atoms with Gasteiger partial charge in [0.15, 0.2) is 0 Å². The molecule has 0 spiro atoms. The van der Waals surface area contributed by atoms with Gasteiger partial charge in [0.25, 0.3) is 0 Å². The molecular formula is C19H25N3O4. The highest BCUT2D eigenvalue weighted by atomic mass is 16.2. The van der Waals surface area contributed by atoms with Gasteiger partial charge in [-0.3, -0.25) is 19.3 Å². The number of carbonyl (C=O) groups excluding carboxylic acids is 4. The average Bonchev–Trinajstić information content (AvgIpc) is 2.79. The third-order valence-corrected chi connectivity index (χ3v) is 4.36. The first-order valence-electron chi connectivity index (χ1n) is 8.82. The van der Waals surface area contributed by atoms with Crippen molar-refractivity contribution >= 4 is 29.4 Å². The third-order valence-electron chi connectivity index (χ3n) is 4.36. The number of nitrogens with one attached hydrogen (secondary N) is 1. The number of carbonyl (C=O) groups is 4. The number of urea groups is 1. The number of hydrogen-bond donors (Lipinski definition) is 1. The second-order valence-electron chi connectivity index (χ2n) is 6.93. The Hall–Kier alpha value is -2.70. The maximum atomic E-state index is 12.4. The van der Waals surface area contributed by atoms with Crippen LogP contribution in [0.3, 0.4) is 0 Å². The number of nitrogens with zero attached hydrogens (tertiary/aromatic N) is 2. The lowest BCUT2D eigenvalue weighted by molar-refractivity contribution is -0.143. The Bertz CT molecular complexity index is 729. The van der Waals surface area contributed by atoms with E-state index in [1.54, 1.807) is 6.07 Å². The average molecular weight is 359 g/mol. The van der Waals surface area contributed by atoms with E-state index in [1.807, 2.05) is 32.0 Å². The Morgan fingerprint density at radius 3 is 2.27 bits per heavy atom. The number of amides is 5. The van der Waals surface area contributed by atoms with Gasteiger partial charge in [-0.25, -0.2) is 9.69 Å². The van der Waals surface area contributed by atoms with E-state index in [2.05, 4.69) is 19.2 Å². The van der Waals surface area contributed by atoms with E-state index in [1.165, 1.54) is 0 Å². The molecule has 1 aromatic carbocycles. The van der Waals surface area contributed by atoms with E-state index >= 15 is 0 Å². The van der Waals surface area contributed by atoms with Crippen molar-refractivity contribution in [2.75, 3.05) is 18.4 Å². The Labute approximate surface area is 153 Å². The number of imide groups is 2. The van der Waals surface area contributed by atoms with Crippen LogP contribution in [0.5, 0.6) is 0 Å². The molecule has 2 rings (SSSR count). The van der Waals surface area contributed by atoms with E-state index in [0.717, 1.165) is 16.9 Å². The molecule has 0 radical (unpaired) electrons. The topological polar surface area (TPSA) is 86.8 Å². The molecular weight excluding hydrogens is 334 g/mol. The molecule has 1 heterocycles. The molecule has 1 aliphatic heterocycles. The van der Waals surface area contributed by atoms with Gasteiger partial charge in [0.2, 0.25) is 5.91 Å². The van der Waals surface area contributed by atoms with Gasteiger partial charge in [0.1, 0.15) is 6.54 Å². The highest BCUT2D eigenvalue weighted by Crippen LogP contribution is 2.26. The number of rotatable bonds is 7. The SMILES string of the molecule is CC[C@@H](C)c1ccccc1NC(=O)CN1C(=O)C(=O)N(CC(C)C)C1=O. The summed E-state index contributed by atoms with van der Waals surface area (Å²) in [6.45, 7) is 7.46. The second-order valence-corrected chi connectivity index (χ2v) is 6.93. The molecule has 0 aromatic heterocycles. The van der Waals surface area contributed by atoms with Gasteiger partial charge in [0, 0.05) is 12.2 Å². The lowest BCUT2D eigenvalue weighted by Gasteiger charge is -2.18. The maximum absolute atomic E-state index is 12.4. The second kappa shape index (κ2) is 8.12. The van der Waals surface area contributed by atoms with Crippen molar-refractivity contribution in [3.63, 3.8) is 0 Å². The van der Waals surface area contributed by atoms with Crippen LogP contribution in [0.25, 0.3) is 0 Å². The summed E-state index contributed by atoms with van der Waals surface area (Å²) in [6.07, 6.45) is 0.911. The van der Waals surface area contributed by atoms with Gasteiger partial charge >= 0.3 is 17.8 Å². The van der Waals surface area contributed by atoms with Crippen molar-refractivity contribution in [3.05, 3.63) is 29.8 Å². The Morgan fingerprint density at radius 2 is 1.65 bits per heavy atom. The third kappa shape index (κ3) is 4.09. The first-order chi connectivity index (χ1) is 12.3. The Balaban J connectivity index is 2.10. The van der Waals surface area contributed by atoms with Crippen LogP contribution in [0, 0.1) is 5.92 Å². The van der Waals surface area contributed by atoms with Gasteiger partial charge in [-0.2, -0.15) is 0 Å². The van der Waals surface area contributed by atoms with Crippen molar-refractivity contribution in [1.29, 1.82) is 0 Å². The van der Waals surface area contributed by atoms with Crippen molar-refractivity contribution in [1.82, 2.24) is 9.80 Å². The van der Waals surface area contributed by atoms with Crippen molar-refractivity contribution < 1.29 is 19.2 Å². The van der Waals surface area contributed by atoms with Gasteiger partial charge in [-0.1, -0.05) is 45.9 Å². The number of hydrogen-bond acceptors (Lipinski definition) is 4. The first kappa shape index (κ1) is 19.6. The van der Waals surface area contributed by atoms with E-state index in [9.17, 15) is 19.2 Å². The summed E-state index contributed by atoms with van der Waals surface area (Å²) in [5, 5.41) is 2.75. The number of benzene rings is 1. The minimum absolute atomic E-state index is 0.0342. The Morgan fingerprint density at radius 1 is 1.04 bits per heavy atom. The minimum Gasteiger partial charge on any atom is -0.324 e. The van der Waals surface area contributed by atoms with Crippen LogP contribution in [0.1, 0.15) is 45.6 Å². The van der Waals surface area contributed by atoms with Crippen molar-refractivity contribution in [2.24, 2.45) is 5.92 Å². The summed E-state index contributed by atoms with van der Waals surface area (Å²) in [7, 11) is 0. The minimum atomic E-state index is -0.957. The van der Waals surface area contributed by atoms with Gasteiger partial charge < -0.3 is 5.32 Å². The zero-order chi connectivity index (χ0) is 19.4. The van der Waals surface area contributed by atoms with Gasteiger partial charge in [-0.05, 0) is 29.9 Å². The molecule has 1 aromatic rings. The number of anilines is 1. The molecule has 5 amide bonds. The highest BCUT2D eigenvalue weighted by molar-refractivity contribution is 6.45. The number of para-hydroxylation sites is 1. The van der Waals surface area contributed by atoms with Crippen LogP contribution in [0.4, 0.5) is 10.5 Å². The summed E-state index contributed by atoms with van der Waals surface area (Å²) < 4.78 is 0. The highest BCUT2D eigenvalue weighted by Gasteiger charge is 2.45. The summed E-state index contributed by atoms with van der Waals surface area (Å²) in [4.78, 5) is 50.3. The molecule has 140 valence electrons. The Kier molecular flexibility index (Phi) is 6.13. The zero-order valence-electron chi connectivity index (χ0n) is 15.6. The van der Waals surface area contributed by atoms with Crippen molar-refractivity contribution in [2.45, 2.75) is 40.0 Å². The predicted molar refractivity (Wildman–Crippen MR) is 97.4 cm³/mol. The molecule has 1 fully saturated rings.